The number of benzene rings is 3. The minimum Gasteiger partial charge on any atom is -0.508 e. The van der Waals surface area contributed by atoms with E-state index >= 15 is 4.79 Å². The minimum absolute atomic E-state index is 0.00749. The minimum atomic E-state index is -1.77. The van der Waals surface area contributed by atoms with Gasteiger partial charge in [0.15, 0.2) is 6.04 Å². The lowest BCUT2D eigenvalue weighted by Crippen LogP contribution is -2.62. The first-order valence-corrected chi connectivity index (χ1v) is 33.9. The van der Waals surface area contributed by atoms with E-state index in [9.17, 15) is 68.7 Å². The van der Waals surface area contributed by atoms with E-state index in [0.717, 1.165) is 58.1 Å². The number of aliphatic hydroxyl groups excluding tert-OH is 2. The van der Waals surface area contributed by atoms with Crippen LogP contribution < -0.4 is 53.8 Å². The highest BCUT2D eigenvalue weighted by molar-refractivity contribution is 7.80. The van der Waals surface area contributed by atoms with Gasteiger partial charge in [0.1, 0.15) is 48.0 Å². The number of nitrogens with one attached hydrogen (secondary N) is 10. The zero-order chi connectivity index (χ0) is 70.6. The highest BCUT2D eigenvalue weighted by atomic mass is 32.1. The highest BCUT2D eigenvalue weighted by Crippen LogP contribution is 2.21. The maximum absolute atomic E-state index is 15.0. The Morgan fingerprint density at radius 3 is 1.57 bits per heavy atom. The number of carbonyl (C=O) groups is 10. The van der Waals surface area contributed by atoms with E-state index in [1.54, 1.807) is 54.7 Å². The number of nitrogens with two attached hydrogens (primary N) is 1. The smallest absolute Gasteiger partial charge is 0.328 e. The molecule has 2 saturated heterocycles. The molecule has 0 radical (unpaired) electrons. The second kappa shape index (κ2) is 40.1. The summed E-state index contributed by atoms with van der Waals surface area (Å²) in [4.78, 5) is 149. The first-order chi connectivity index (χ1) is 46.4. The van der Waals surface area contributed by atoms with Crippen molar-refractivity contribution < 1.29 is 73.5 Å². The van der Waals surface area contributed by atoms with Crippen LogP contribution in [-0.2, 0) is 67.2 Å². The van der Waals surface area contributed by atoms with E-state index in [0.29, 0.717) is 61.2 Å². The summed E-state index contributed by atoms with van der Waals surface area (Å²) in [5.74, 6) is -10.0. The molecule has 2 aliphatic rings. The molecule has 2 aliphatic heterocycles. The highest BCUT2D eigenvalue weighted by Gasteiger charge is 2.37. The van der Waals surface area contributed by atoms with Gasteiger partial charge in [0, 0.05) is 87.3 Å². The third kappa shape index (κ3) is 25.8. The molecular weight excluding hydrogens is 1290 g/mol. The normalized spacial score (nSPS) is 18.7. The zero-order valence-corrected chi connectivity index (χ0v) is 56.5. The van der Waals surface area contributed by atoms with Gasteiger partial charge in [-0.1, -0.05) is 60.7 Å². The molecule has 32 heteroatoms. The number of aliphatic carboxylic acids is 2. The number of carboxylic acid groups (broad SMARTS) is 2. The van der Waals surface area contributed by atoms with Crippen LogP contribution >= 0.6 is 25.3 Å². The van der Waals surface area contributed by atoms with Gasteiger partial charge >= 0.3 is 11.9 Å². The molecular formula is C65H95N15O15S2. The quantitative estimate of drug-likeness (QED) is 0.0126. The molecule has 0 spiro atoms. The number of carboxylic acids is 2. The Bertz CT molecular complexity index is 3240. The molecule has 1 aromatic heterocycles. The van der Waals surface area contributed by atoms with Gasteiger partial charge in [-0.05, 0) is 113 Å². The van der Waals surface area contributed by atoms with Crippen molar-refractivity contribution in [2.75, 3.05) is 96.6 Å². The van der Waals surface area contributed by atoms with Crippen molar-refractivity contribution in [3.05, 3.63) is 102 Å². The molecule has 2 fully saturated rings. The fourth-order valence-corrected chi connectivity index (χ4v) is 11.9. The Balaban J connectivity index is 1.20. The molecule has 4 aromatic rings. The summed E-state index contributed by atoms with van der Waals surface area (Å²) in [6.07, 6.45) is 0.264. The summed E-state index contributed by atoms with van der Waals surface area (Å²) >= 11 is 8.57. The molecule has 2 bridgehead atoms. The zero-order valence-electron chi connectivity index (χ0n) is 54.7. The average Bonchev–Trinajstić information content (AvgIpc) is 2.04. The van der Waals surface area contributed by atoms with Gasteiger partial charge in [0.2, 0.25) is 47.3 Å². The maximum atomic E-state index is 15.0. The lowest BCUT2D eigenvalue weighted by atomic mass is 10.0. The molecule has 17 N–H and O–H groups in total. The van der Waals surface area contributed by atoms with Gasteiger partial charge in [-0.2, -0.15) is 25.3 Å². The van der Waals surface area contributed by atoms with Gasteiger partial charge in [-0.25, -0.2) is 10.2 Å². The summed E-state index contributed by atoms with van der Waals surface area (Å²) < 4.78 is 0. The Morgan fingerprint density at radius 1 is 0.515 bits per heavy atom. The largest absolute Gasteiger partial charge is 0.508 e. The number of aliphatic hydroxyl groups is 2. The number of rotatable bonds is 35. The SMILES string of the molecule is C[C@@H](O)[C@H](NC(=O)[C@H](CS)NC(=O)[C@@H](NC(=O)[C@H](CCCCN)NC(=O)[C@@H](Cc1c[nH]c2ccccc12)NC(=O)[C@H](Cc1ccc(O)cc1)NC(=O)[C@H](CS)NC(=O)[C@@H](Cc1ccccc1)NNC(=O)CN1CCCN2CCN(CCCN(CC(=O)O)CC2)CC1)[C@@H](C)O)C(=O)O. The van der Waals surface area contributed by atoms with Crippen molar-refractivity contribution in [2.45, 2.75) is 126 Å². The standard InChI is InChI=1S/C65H95N15O15S2/c1-40(81)56(64(93)72-53(39-97)63(92)74-57(41(2)82)65(94)95)73-58(87)48(16-8-9-21-66)68-60(89)50(34-44-35-67-47-15-7-6-14-46(44)47)70-59(88)49(32-43-17-19-45(83)20-18-43)69-62(91)52(38-96)71-61(90)51(33-42-12-4-3-5-13-42)75-76-54(84)36-79-24-10-22-78-27-26-77(28-30-79)23-11-25-80(31-29-78)37-55(85)86/h3-7,12-15,17-20,35,40-41,48-53,56-57,67,75,81-83,96-97H,8-11,16,21-34,36-39,66H2,1-2H3,(H,68,89)(H,69,91)(H,70,88)(H,71,90)(H,72,93)(H,73,87)(H,74,92)(H,76,84)(H,85,86)(H,94,95)/t40-,41-,48+,49+,50-,51-,52+,53+,56+,57+/m1/s1. The third-order valence-corrected chi connectivity index (χ3v) is 17.6. The molecule has 2 unspecified atom stereocenters. The topological polar surface area (TPSA) is 435 Å². The number of aromatic nitrogens is 1. The Kier molecular flexibility index (Phi) is 32.3. The van der Waals surface area contributed by atoms with Crippen LogP contribution in [0, 0.1) is 0 Å². The van der Waals surface area contributed by atoms with Crippen molar-refractivity contribution in [3.63, 3.8) is 0 Å². The number of amides is 8. The number of H-pyrrole nitrogens is 1. The van der Waals surface area contributed by atoms with Crippen LogP contribution in [0.15, 0.2) is 85.1 Å². The molecule has 0 aliphatic carbocycles. The lowest BCUT2D eigenvalue weighted by molar-refractivity contribution is -0.145. The first kappa shape index (κ1) is 78.1. The number of phenolic OH excluding ortho intramolecular Hbond substituents is 1. The molecule has 6 rings (SSSR count). The van der Waals surface area contributed by atoms with Gasteiger partial charge in [0.05, 0.1) is 25.3 Å². The number of para-hydroxylation sites is 1. The monoisotopic (exact) mass is 1390 g/mol. The molecule has 0 saturated carbocycles. The van der Waals surface area contributed by atoms with Crippen molar-refractivity contribution in [1.29, 1.82) is 0 Å². The first-order valence-electron chi connectivity index (χ1n) is 32.6. The van der Waals surface area contributed by atoms with E-state index in [1.807, 2.05) is 11.0 Å². The Hall–Kier alpha value is -7.92. The van der Waals surface area contributed by atoms with Gasteiger partial charge in [-0.3, -0.25) is 58.4 Å². The van der Waals surface area contributed by atoms with Crippen molar-refractivity contribution in [1.82, 2.24) is 72.7 Å². The lowest BCUT2D eigenvalue weighted by Gasteiger charge is -2.35. The van der Waals surface area contributed by atoms with Crippen LogP contribution in [-0.4, -0.2) is 266 Å². The Labute approximate surface area is 574 Å². The number of carbonyl (C=O) groups excluding carboxylic acids is 8. The van der Waals surface area contributed by atoms with Crippen LogP contribution in [0.2, 0.25) is 0 Å². The van der Waals surface area contributed by atoms with Gasteiger partial charge in [-0.15, -0.1) is 0 Å². The summed E-state index contributed by atoms with van der Waals surface area (Å²) in [5.41, 5.74) is 13.9. The second-order valence-corrected chi connectivity index (χ2v) is 25.2. The number of aromatic amines is 1. The Morgan fingerprint density at radius 2 is 0.990 bits per heavy atom. The number of hydrazine groups is 1. The fraction of sp³-hybridized carbons (Fsp3) is 0.538. The van der Waals surface area contributed by atoms with Crippen LogP contribution in [0.25, 0.3) is 10.9 Å². The second-order valence-electron chi connectivity index (χ2n) is 24.5. The van der Waals surface area contributed by atoms with Crippen LogP contribution in [0.3, 0.4) is 0 Å². The molecule has 532 valence electrons. The summed E-state index contributed by atoms with van der Waals surface area (Å²) in [6, 6.07) is 9.92. The van der Waals surface area contributed by atoms with E-state index in [4.69, 9.17) is 5.73 Å². The number of aromatic hydroxyl groups is 1. The average molecular weight is 1390 g/mol. The molecule has 97 heavy (non-hydrogen) atoms. The number of hydrogen-bond donors (Lipinski definition) is 18. The molecule has 12 atom stereocenters. The number of nitrogens with zero attached hydrogens (tertiary/aromatic N) is 4. The molecule has 3 heterocycles. The predicted octanol–water partition coefficient (Wildman–Crippen LogP) is -2.78. The summed E-state index contributed by atoms with van der Waals surface area (Å²) in [7, 11) is 0. The number of thiol groups is 2. The van der Waals surface area contributed by atoms with E-state index in [1.165, 1.54) is 31.2 Å². The van der Waals surface area contributed by atoms with Crippen LogP contribution in [0.5, 0.6) is 5.75 Å². The maximum Gasteiger partial charge on any atom is 0.328 e. The number of fused-ring (bicyclic) bond motifs is 4. The van der Waals surface area contributed by atoms with E-state index < -0.39 is 120 Å². The van der Waals surface area contributed by atoms with Crippen molar-refractivity contribution in [2.24, 2.45) is 5.73 Å². The number of unbranched alkanes of at least 4 members (excludes halogenated alkanes) is 1. The summed E-state index contributed by atoms with van der Waals surface area (Å²) in [6.45, 7) is 9.64. The fourth-order valence-electron chi connectivity index (χ4n) is 11.4. The molecule has 3 aromatic carbocycles. The third-order valence-electron chi connectivity index (χ3n) is 16.9. The van der Waals surface area contributed by atoms with Crippen LogP contribution in [0.4, 0.5) is 0 Å². The molecule has 8 amide bonds. The van der Waals surface area contributed by atoms with Crippen LogP contribution in [0.1, 0.15) is 62.6 Å². The van der Waals surface area contributed by atoms with E-state index in [-0.39, 0.29) is 69.0 Å². The number of phenols is 1. The van der Waals surface area contributed by atoms with Gasteiger partial charge in [0.25, 0.3) is 0 Å². The summed E-state index contributed by atoms with van der Waals surface area (Å²) in [5, 5.41) is 68.5. The van der Waals surface area contributed by atoms with Gasteiger partial charge < -0.3 is 83.3 Å². The van der Waals surface area contributed by atoms with Crippen molar-refractivity contribution >= 4 is 95.4 Å². The molecule has 30 nitrogen and oxygen atoms in total. The number of hydrogen-bond acceptors (Lipinski definition) is 21. The van der Waals surface area contributed by atoms with Crippen molar-refractivity contribution in [3.8, 4) is 5.75 Å². The van der Waals surface area contributed by atoms with E-state index in [2.05, 4.69) is 93.0 Å². The predicted molar refractivity (Wildman–Crippen MR) is 367 cm³/mol.